The average molecular weight is 429 g/mol. The first kappa shape index (κ1) is 18.9. The molecule has 0 atom stereocenters. The lowest BCUT2D eigenvalue weighted by Gasteiger charge is -1.98. The Bertz CT molecular complexity index is 871. The fourth-order valence-corrected chi connectivity index (χ4v) is 2.09. The van der Waals surface area contributed by atoms with E-state index in [-0.39, 0.29) is 5.56 Å². The summed E-state index contributed by atoms with van der Waals surface area (Å²) in [6, 6.07) is 11.0. The second kappa shape index (κ2) is 8.59. The van der Waals surface area contributed by atoms with Crippen molar-refractivity contribution in [3.63, 3.8) is 0 Å². The standard InChI is InChI=1S/C9H6BrClN2O.C7H6FNO2/c10-5-8-12-9(13-14-8)6-1-3-7(11)4-2-6;8-6-4(7(9)11)2-1-3-5(6)10/h1-4H,5H2;1-3,10H,(H2,9,11). The Morgan fingerprint density at radius 2 is 1.96 bits per heavy atom. The number of nitrogens with two attached hydrogens (primary N) is 1. The lowest BCUT2D eigenvalue weighted by atomic mass is 10.2. The van der Waals surface area contributed by atoms with Gasteiger partial charge in [-0.25, -0.2) is 4.39 Å². The van der Waals surface area contributed by atoms with Gasteiger partial charge in [0.1, 0.15) is 0 Å². The van der Waals surface area contributed by atoms with Crippen LogP contribution in [-0.4, -0.2) is 21.2 Å². The van der Waals surface area contributed by atoms with Gasteiger partial charge in [-0.2, -0.15) is 4.98 Å². The molecule has 1 aromatic heterocycles. The van der Waals surface area contributed by atoms with Crippen LogP contribution in [-0.2, 0) is 5.33 Å². The Labute approximate surface area is 155 Å². The number of aromatic nitrogens is 2. The van der Waals surface area contributed by atoms with E-state index in [0.717, 1.165) is 11.6 Å². The second-order valence-corrected chi connectivity index (χ2v) is 5.65. The average Bonchev–Trinajstić information content (AvgIpc) is 3.07. The van der Waals surface area contributed by atoms with E-state index >= 15 is 0 Å². The van der Waals surface area contributed by atoms with Crippen LogP contribution in [0.4, 0.5) is 4.39 Å². The normalized spacial score (nSPS) is 10.0. The lowest BCUT2D eigenvalue weighted by Crippen LogP contribution is -2.12. The molecule has 2 aromatic carbocycles. The number of alkyl halides is 1. The maximum Gasteiger partial charge on any atom is 0.251 e. The summed E-state index contributed by atoms with van der Waals surface area (Å²) in [4.78, 5) is 14.6. The molecule has 0 unspecified atom stereocenters. The molecule has 0 spiro atoms. The Morgan fingerprint density at radius 3 is 2.48 bits per heavy atom. The lowest BCUT2D eigenvalue weighted by molar-refractivity contribution is 0.0995. The number of halogens is 3. The fourth-order valence-electron chi connectivity index (χ4n) is 1.74. The van der Waals surface area contributed by atoms with Crippen LogP contribution in [0.5, 0.6) is 5.75 Å². The number of benzene rings is 2. The Morgan fingerprint density at radius 1 is 1.28 bits per heavy atom. The minimum atomic E-state index is -0.972. The number of aromatic hydroxyl groups is 1. The summed E-state index contributed by atoms with van der Waals surface area (Å²) in [5.74, 6) is -1.29. The zero-order valence-corrected chi connectivity index (χ0v) is 15.0. The number of phenols is 1. The highest BCUT2D eigenvalue weighted by Crippen LogP contribution is 2.19. The van der Waals surface area contributed by atoms with E-state index < -0.39 is 17.5 Å². The highest BCUT2D eigenvalue weighted by molar-refractivity contribution is 9.08. The van der Waals surface area contributed by atoms with Crippen molar-refractivity contribution in [2.45, 2.75) is 5.33 Å². The largest absolute Gasteiger partial charge is 0.505 e. The van der Waals surface area contributed by atoms with Gasteiger partial charge >= 0.3 is 0 Å². The first-order chi connectivity index (χ1) is 11.9. The van der Waals surface area contributed by atoms with Crippen LogP contribution < -0.4 is 5.73 Å². The quantitative estimate of drug-likeness (QED) is 0.616. The van der Waals surface area contributed by atoms with Crippen LogP contribution in [0.3, 0.4) is 0 Å². The molecule has 0 fully saturated rings. The molecule has 0 aliphatic carbocycles. The number of nitrogens with zero attached hydrogens (tertiary/aromatic N) is 2. The van der Waals surface area contributed by atoms with Gasteiger partial charge < -0.3 is 15.4 Å². The molecule has 6 nitrogen and oxygen atoms in total. The van der Waals surface area contributed by atoms with Crippen molar-refractivity contribution in [1.82, 2.24) is 10.1 Å². The summed E-state index contributed by atoms with van der Waals surface area (Å²) in [5.41, 5.74) is 5.39. The Balaban J connectivity index is 0.000000186. The van der Waals surface area contributed by atoms with Crippen molar-refractivity contribution in [2.24, 2.45) is 5.73 Å². The Hall–Kier alpha value is -2.45. The van der Waals surface area contributed by atoms with Gasteiger partial charge in [0, 0.05) is 10.6 Å². The highest BCUT2D eigenvalue weighted by atomic mass is 79.9. The van der Waals surface area contributed by atoms with E-state index in [1.807, 2.05) is 12.1 Å². The van der Waals surface area contributed by atoms with Gasteiger partial charge in [-0.05, 0) is 36.4 Å². The van der Waals surface area contributed by atoms with Crippen LogP contribution in [0.15, 0.2) is 47.0 Å². The van der Waals surface area contributed by atoms with Crippen molar-refractivity contribution < 1.29 is 18.8 Å². The zero-order chi connectivity index (χ0) is 18.4. The minimum Gasteiger partial charge on any atom is -0.505 e. The molecule has 0 aliphatic rings. The fraction of sp³-hybridized carbons (Fsp3) is 0.0625. The summed E-state index contributed by atoms with van der Waals surface area (Å²) in [7, 11) is 0. The number of phenolic OH excluding ortho intramolecular Hbond substituents is 1. The van der Waals surface area contributed by atoms with Gasteiger partial charge in [0.25, 0.3) is 5.91 Å². The third-order valence-corrected chi connectivity index (χ3v) is 3.66. The molecule has 130 valence electrons. The first-order valence-corrected chi connectivity index (χ1v) is 8.34. The highest BCUT2D eigenvalue weighted by Gasteiger charge is 2.10. The van der Waals surface area contributed by atoms with E-state index in [4.69, 9.17) is 27.0 Å². The van der Waals surface area contributed by atoms with E-state index in [2.05, 4.69) is 26.1 Å². The molecule has 25 heavy (non-hydrogen) atoms. The molecular weight excluding hydrogens is 417 g/mol. The summed E-state index contributed by atoms with van der Waals surface area (Å²) in [6.07, 6.45) is 0. The third kappa shape index (κ3) is 5.01. The number of hydrogen-bond donors (Lipinski definition) is 2. The number of rotatable bonds is 3. The van der Waals surface area contributed by atoms with E-state index in [0.29, 0.717) is 22.1 Å². The third-order valence-electron chi connectivity index (χ3n) is 2.93. The minimum absolute atomic E-state index is 0.301. The smallest absolute Gasteiger partial charge is 0.251 e. The number of primary amides is 1. The van der Waals surface area contributed by atoms with Gasteiger partial charge in [-0.3, -0.25) is 4.79 Å². The maximum atomic E-state index is 12.7. The molecule has 0 aliphatic heterocycles. The number of amides is 1. The first-order valence-electron chi connectivity index (χ1n) is 6.84. The van der Waals surface area contributed by atoms with E-state index in [1.54, 1.807) is 12.1 Å². The zero-order valence-electron chi connectivity index (χ0n) is 12.6. The molecule has 9 heteroatoms. The van der Waals surface area contributed by atoms with E-state index in [1.165, 1.54) is 12.1 Å². The van der Waals surface area contributed by atoms with Gasteiger partial charge in [0.15, 0.2) is 11.6 Å². The molecule has 0 saturated carbocycles. The molecule has 3 N–H and O–H groups in total. The molecule has 1 heterocycles. The molecule has 3 aromatic rings. The van der Waals surface area contributed by atoms with Gasteiger partial charge in [-0.1, -0.05) is 38.8 Å². The monoisotopic (exact) mass is 427 g/mol. The van der Waals surface area contributed by atoms with Crippen LogP contribution in [0.1, 0.15) is 16.2 Å². The molecule has 1 amide bonds. The molecular formula is C16H12BrClFN3O3. The number of carbonyl (C=O) groups is 1. The van der Waals surface area contributed by atoms with Crippen LogP contribution >= 0.6 is 27.5 Å². The van der Waals surface area contributed by atoms with Gasteiger partial charge in [-0.15, -0.1) is 0 Å². The summed E-state index contributed by atoms with van der Waals surface area (Å²) < 4.78 is 17.7. The van der Waals surface area contributed by atoms with E-state index in [9.17, 15) is 9.18 Å². The number of carbonyl (C=O) groups excluding carboxylic acids is 1. The van der Waals surface area contributed by atoms with Crippen molar-refractivity contribution in [3.8, 4) is 17.1 Å². The van der Waals surface area contributed by atoms with Gasteiger partial charge in [0.2, 0.25) is 11.7 Å². The SMILES string of the molecule is Clc1ccc(-c2noc(CBr)n2)cc1.NC(=O)c1cccc(O)c1F. The predicted molar refractivity (Wildman–Crippen MR) is 94.0 cm³/mol. The van der Waals surface area contributed by atoms with Crippen LogP contribution in [0.25, 0.3) is 11.4 Å². The molecule has 0 radical (unpaired) electrons. The van der Waals surface area contributed by atoms with Crippen molar-refractivity contribution in [2.75, 3.05) is 0 Å². The maximum absolute atomic E-state index is 12.7. The number of hydrogen-bond acceptors (Lipinski definition) is 5. The second-order valence-electron chi connectivity index (χ2n) is 4.66. The summed E-state index contributed by atoms with van der Waals surface area (Å²) in [6.45, 7) is 0. The predicted octanol–water partition coefficient (Wildman–Crippen LogP) is 3.92. The van der Waals surface area contributed by atoms with Crippen LogP contribution in [0, 0.1) is 5.82 Å². The van der Waals surface area contributed by atoms with Crippen molar-refractivity contribution >= 4 is 33.4 Å². The Kier molecular flexibility index (Phi) is 6.49. The molecule has 0 bridgehead atoms. The topological polar surface area (TPSA) is 102 Å². The van der Waals surface area contributed by atoms with Gasteiger partial charge in [0.05, 0.1) is 10.9 Å². The van der Waals surface area contributed by atoms with Crippen LogP contribution in [0.2, 0.25) is 5.02 Å². The summed E-state index contributed by atoms with van der Waals surface area (Å²) in [5, 5.41) is 13.8. The van der Waals surface area contributed by atoms with Crippen molar-refractivity contribution in [1.29, 1.82) is 0 Å². The molecule has 0 saturated heterocycles. The summed E-state index contributed by atoms with van der Waals surface area (Å²) >= 11 is 9.00. The van der Waals surface area contributed by atoms with Crippen molar-refractivity contribution in [3.05, 3.63) is 64.8 Å². The molecule has 3 rings (SSSR count).